The molecule has 4 rings (SSSR count). The first kappa shape index (κ1) is 27.6. The molecular weight excluding hydrogens is 522 g/mol. The molecule has 0 aromatic heterocycles. The van der Waals surface area contributed by atoms with Gasteiger partial charge >= 0.3 is 11.9 Å². The standard InChI is InChI=1S/C28H27N3O7S/c1-5-37-26(34)17-10-12-19(13-11-17)30-25(33)21-15-22(32)31-24(18-8-7-9-20(14-18)36-4)23(27(35)38-6-2)16(3)29-28(31)39-21/h7-15,24H,5-6H2,1-4H3,(H,30,33)/t24-/m0/s1. The number of hydrogen-bond donors (Lipinski definition) is 1. The zero-order valence-corrected chi connectivity index (χ0v) is 22.7. The average molecular weight is 550 g/mol. The van der Waals surface area contributed by atoms with Gasteiger partial charge in [-0.3, -0.25) is 14.5 Å². The number of allylic oxidation sites excluding steroid dienone is 1. The molecule has 0 aliphatic carbocycles. The van der Waals surface area contributed by atoms with Crippen LogP contribution in [0, 0.1) is 0 Å². The van der Waals surface area contributed by atoms with Crippen molar-refractivity contribution in [1.82, 2.24) is 4.90 Å². The summed E-state index contributed by atoms with van der Waals surface area (Å²) >= 11 is 1.01. The van der Waals surface area contributed by atoms with Gasteiger partial charge in [0.2, 0.25) is 0 Å². The van der Waals surface area contributed by atoms with Crippen LogP contribution in [0.1, 0.15) is 42.7 Å². The smallest absolute Gasteiger partial charge is 0.338 e. The van der Waals surface area contributed by atoms with Crippen molar-refractivity contribution in [3.63, 3.8) is 0 Å². The molecule has 202 valence electrons. The molecule has 2 aromatic carbocycles. The number of ether oxygens (including phenoxy) is 3. The molecular formula is C28H27N3O7S. The minimum atomic E-state index is -0.831. The fraction of sp³-hybridized carbons (Fsp3) is 0.250. The van der Waals surface area contributed by atoms with Crippen molar-refractivity contribution < 1.29 is 33.4 Å². The molecule has 0 saturated heterocycles. The number of rotatable bonds is 8. The summed E-state index contributed by atoms with van der Waals surface area (Å²) in [5.74, 6) is -1.52. The lowest BCUT2D eigenvalue weighted by molar-refractivity contribution is -0.139. The van der Waals surface area contributed by atoms with Gasteiger partial charge in [0, 0.05) is 11.8 Å². The van der Waals surface area contributed by atoms with E-state index >= 15 is 0 Å². The molecule has 0 fully saturated rings. The summed E-state index contributed by atoms with van der Waals surface area (Å²) in [4.78, 5) is 57.4. The normalized spacial score (nSPS) is 16.6. The van der Waals surface area contributed by atoms with Crippen molar-refractivity contribution in [1.29, 1.82) is 0 Å². The number of benzene rings is 2. The van der Waals surface area contributed by atoms with Gasteiger partial charge in [0.15, 0.2) is 5.17 Å². The Hall–Kier alpha value is -4.38. The molecule has 0 unspecified atom stereocenters. The van der Waals surface area contributed by atoms with Crippen molar-refractivity contribution in [3.05, 3.63) is 81.9 Å². The van der Waals surface area contributed by atoms with Crippen molar-refractivity contribution in [2.75, 3.05) is 25.6 Å². The van der Waals surface area contributed by atoms with E-state index in [1.54, 1.807) is 57.2 Å². The van der Waals surface area contributed by atoms with Crippen LogP contribution in [0.25, 0.3) is 0 Å². The molecule has 2 aliphatic heterocycles. The summed E-state index contributed by atoms with van der Waals surface area (Å²) in [6.45, 7) is 5.50. The quantitative estimate of drug-likeness (QED) is 0.486. The first-order valence-electron chi connectivity index (χ1n) is 12.2. The van der Waals surface area contributed by atoms with E-state index in [1.165, 1.54) is 30.2 Å². The second kappa shape index (κ2) is 12.0. The van der Waals surface area contributed by atoms with Crippen LogP contribution in [0.3, 0.4) is 0 Å². The Balaban J connectivity index is 1.64. The number of carbonyl (C=O) groups is 4. The third-order valence-corrected chi connectivity index (χ3v) is 6.86. The Bertz CT molecular complexity index is 1410. The van der Waals surface area contributed by atoms with E-state index in [1.807, 2.05) is 0 Å². The van der Waals surface area contributed by atoms with E-state index in [9.17, 15) is 19.2 Å². The fourth-order valence-electron chi connectivity index (χ4n) is 4.10. The predicted molar refractivity (Wildman–Crippen MR) is 146 cm³/mol. The van der Waals surface area contributed by atoms with E-state index < -0.39 is 29.8 Å². The summed E-state index contributed by atoms with van der Waals surface area (Å²) in [5, 5.41) is 2.98. The Morgan fingerprint density at radius 2 is 1.72 bits per heavy atom. The highest BCUT2D eigenvalue weighted by Gasteiger charge is 2.42. The van der Waals surface area contributed by atoms with Gasteiger partial charge in [-0.2, -0.15) is 0 Å². The number of aliphatic imine (C=N–C) groups is 1. The van der Waals surface area contributed by atoms with E-state index in [-0.39, 0.29) is 28.9 Å². The Morgan fingerprint density at radius 3 is 2.38 bits per heavy atom. The van der Waals surface area contributed by atoms with Crippen molar-refractivity contribution in [2.45, 2.75) is 26.8 Å². The highest BCUT2D eigenvalue weighted by Crippen LogP contribution is 2.42. The predicted octanol–water partition coefficient (Wildman–Crippen LogP) is 4.22. The number of nitrogens with one attached hydrogen (secondary N) is 1. The van der Waals surface area contributed by atoms with Crippen LogP contribution in [0.4, 0.5) is 5.69 Å². The zero-order chi connectivity index (χ0) is 28.1. The maximum absolute atomic E-state index is 13.5. The molecule has 0 radical (unpaired) electrons. The molecule has 0 bridgehead atoms. The lowest BCUT2D eigenvalue weighted by Gasteiger charge is -2.38. The number of amidine groups is 1. The highest BCUT2D eigenvalue weighted by atomic mass is 32.2. The van der Waals surface area contributed by atoms with Gasteiger partial charge < -0.3 is 19.5 Å². The minimum Gasteiger partial charge on any atom is -0.497 e. The third-order valence-electron chi connectivity index (χ3n) is 5.87. The Morgan fingerprint density at radius 1 is 1.03 bits per heavy atom. The maximum Gasteiger partial charge on any atom is 0.338 e. The number of esters is 2. The molecule has 0 spiro atoms. The van der Waals surface area contributed by atoms with Crippen LogP contribution >= 0.6 is 11.8 Å². The molecule has 0 saturated carbocycles. The zero-order valence-electron chi connectivity index (χ0n) is 21.8. The number of anilines is 1. The summed E-state index contributed by atoms with van der Waals surface area (Å²) < 4.78 is 15.6. The lowest BCUT2D eigenvalue weighted by atomic mass is 9.94. The minimum absolute atomic E-state index is 0.126. The van der Waals surface area contributed by atoms with Crippen LogP contribution in [0.2, 0.25) is 0 Å². The summed E-state index contributed by atoms with van der Waals surface area (Å²) in [7, 11) is 1.53. The Kier molecular flexibility index (Phi) is 8.50. The highest BCUT2D eigenvalue weighted by molar-refractivity contribution is 8.18. The lowest BCUT2D eigenvalue weighted by Crippen LogP contribution is -2.45. The number of amides is 2. The van der Waals surface area contributed by atoms with Crippen LogP contribution in [-0.2, 0) is 23.9 Å². The molecule has 1 atom stereocenters. The van der Waals surface area contributed by atoms with E-state index in [4.69, 9.17) is 14.2 Å². The number of methoxy groups -OCH3 is 1. The average Bonchev–Trinajstić information content (AvgIpc) is 2.92. The van der Waals surface area contributed by atoms with Gasteiger partial charge in [0.1, 0.15) is 5.75 Å². The van der Waals surface area contributed by atoms with Crippen LogP contribution in [0.15, 0.2) is 75.8 Å². The summed E-state index contributed by atoms with van der Waals surface area (Å²) in [5.41, 5.74) is 2.02. The molecule has 2 aromatic rings. The van der Waals surface area contributed by atoms with Gasteiger partial charge in [0.05, 0.1) is 48.1 Å². The number of carbonyl (C=O) groups excluding carboxylic acids is 4. The van der Waals surface area contributed by atoms with Crippen LogP contribution < -0.4 is 10.1 Å². The Labute approximate surface area is 229 Å². The molecule has 11 heteroatoms. The topological polar surface area (TPSA) is 124 Å². The van der Waals surface area contributed by atoms with Gasteiger partial charge in [0.25, 0.3) is 11.8 Å². The number of hydrogen-bond acceptors (Lipinski definition) is 9. The van der Waals surface area contributed by atoms with Gasteiger partial charge in [-0.15, -0.1) is 0 Å². The van der Waals surface area contributed by atoms with Crippen LogP contribution in [0.5, 0.6) is 5.75 Å². The van der Waals surface area contributed by atoms with Gasteiger partial charge in [-0.05, 0) is 74.5 Å². The maximum atomic E-state index is 13.5. The molecule has 2 aliphatic rings. The van der Waals surface area contributed by atoms with Crippen molar-refractivity contribution in [2.24, 2.45) is 4.99 Å². The molecule has 2 amide bonds. The summed E-state index contributed by atoms with van der Waals surface area (Å²) in [6.07, 6.45) is 1.21. The number of nitrogens with zero attached hydrogens (tertiary/aromatic N) is 2. The van der Waals surface area contributed by atoms with Gasteiger partial charge in [-0.25, -0.2) is 14.6 Å². The van der Waals surface area contributed by atoms with Crippen molar-refractivity contribution in [3.8, 4) is 5.75 Å². The molecule has 2 heterocycles. The SMILES string of the molecule is CCOC(=O)C1=C(C)N=C2SC(C(=O)Nc3ccc(C(=O)OCC)cc3)=CC(=O)N2[C@H]1c1cccc(OC)c1. The fourth-order valence-corrected chi connectivity index (χ4v) is 5.08. The van der Waals surface area contributed by atoms with Crippen molar-refractivity contribution >= 4 is 46.4 Å². The summed E-state index contributed by atoms with van der Waals surface area (Å²) in [6, 6.07) is 12.4. The van der Waals surface area contributed by atoms with E-state index in [2.05, 4.69) is 10.3 Å². The second-order valence-electron chi connectivity index (χ2n) is 8.36. The largest absolute Gasteiger partial charge is 0.497 e. The first-order chi connectivity index (χ1) is 18.8. The second-order valence-corrected chi connectivity index (χ2v) is 9.37. The van der Waals surface area contributed by atoms with Crippen LogP contribution in [-0.4, -0.2) is 54.1 Å². The van der Waals surface area contributed by atoms with E-state index in [0.717, 1.165) is 11.8 Å². The molecule has 39 heavy (non-hydrogen) atoms. The van der Waals surface area contributed by atoms with Gasteiger partial charge in [-0.1, -0.05) is 12.1 Å². The third kappa shape index (κ3) is 5.88. The molecule has 10 nitrogen and oxygen atoms in total. The first-order valence-corrected chi connectivity index (χ1v) is 13.0. The number of fused-ring (bicyclic) bond motifs is 1. The monoisotopic (exact) mass is 549 g/mol. The number of thioether (sulfide) groups is 1. The van der Waals surface area contributed by atoms with E-state index in [0.29, 0.717) is 28.3 Å². The molecule has 1 N–H and O–H groups in total.